The molecule has 1 aliphatic rings. The minimum atomic E-state index is 0.0726. The molecule has 1 N–H and O–H groups in total. The van der Waals surface area contributed by atoms with Gasteiger partial charge in [0.05, 0.1) is 18.6 Å². The molecule has 0 aliphatic carbocycles. The van der Waals surface area contributed by atoms with Gasteiger partial charge in [-0.1, -0.05) is 23.4 Å². The lowest BCUT2D eigenvalue weighted by Gasteiger charge is -2.32. The minimum Gasteiger partial charge on any atom is -0.496 e. The van der Waals surface area contributed by atoms with E-state index < -0.39 is 0 Å². The van der Waals surface area contributed by atoms with Crippen molar-refractivity contribution in [3.05, 3.63) is 41.5 Å². The second-order valence-electron chi connectivity index (χ2n) is 6.65. The van der Waals surface area contributed by atoms with E-state index in [-0.39, 0.29) is 11.9 Å². The van der Waals surface area contributed by atoms with Gasteiger partial charge in [-0.2, -0.15) is 4.98 Å². The van der Waals surface area contributed by atoms with Crippen LogP contribution in [0.15, 0.2) is 28.8 Å². The Balaban J connectivity index is 1.35. The molecule has 0 spiro atoms. The average molecular weight is 391 g/mol. The lowest BCUT2D eigenvalue weighted by atomic mass is 10.0. The number of carbonyl (C=O) groups is 1. The van der Waals surface area contributed by atoms with Gasteiger partial charge in [-0.05, 0) is 18.9 Å². The number of thioether (sulfide) groups is 1. The summed E-state index contributed by atoms with van der Waals surface area (Å²) < 4.78 is 10.4. The van der Waals surface area contributed by atoms with Crippen LogP contribution >= 0.6 is 11.8 Å². The SMILES string of the molecule is COc1ccccc1CN1CCC(NC(=O)CSCc2noc(C)n2)CC1. The molecular formula is C19H26N4O3S. The van der Waals surface area contributed by atoms with Gasteiger partial charge < -0.3 is 14.6 Å². The highest BCUT2D eigenvalue weighted by molar-refractivity contribution is 7.99. The topological polar surface area (TPSA) is 80.5 Å². The lowest BCUT2D eigenvalue weighted by Crippen LogP contribution is -2.44. The molecule has 1 aliphatic heterocycles. The van der Waals surface area contributed by atoms with Gasteiger partial charge in [-0.25, -0.2) is 0 Å². The van der Waals surface area contributed by atoms with Gasteiger partial charge in [0.15, 0.2) is 5.82 Å². The van der Waals surface area contributed by atoms with E-state index in [9.17, 15) is 4.79 Å². The smallest absolute Gasteiger partial charge is 0.230 e. The summed E-state index contributed by atoms with van der Waals surface area (Å²) in [4.78, 5) is 18.7. The molecule has 1 saturated heterocycles. The van der Waals surface area contributed by atoms with Crippen molar-refractivity contribution >= 4 is 17.7 Å². The Morgan fingerprint density at radius 1 is 1.37 bits per heavy atom. The number of ether oxygens (including phenoxy) is 1. The van der Waals surface area contributed by atoms with Gasteiger partial charge in [0, 0.05) is 38.2 Å². The maximum atomic E-state index is 12.1. The Morgan fingerprint density at radius 3 is 2.85 bits per heavy atom. The highest BCUT2D eigenvalue weighted by atomic mass is 32.2. The standard InChI is InChI=1S/C19H26N4O3S/c1-14-20-18(22-26-14)12-27-13-19(24)21-16-7-9-23(10-8-16)11-15-5-3-4-6-17(15)25-2/h3-6,16H,7-13H2,1-2H3,(H,21,24). The molecule has 1 aromatic heterocycles. The van der Waals surface area contributed by atoms with E-state index in [0.717, 1.165) is 38.2 Å². The van der Waals surface area contributed by atoms with Crippen molar-refractivity contribution in [3.63, 3.8) is 0 Å². The van der Waals surface area contributed by atoms with Crippen LogP contribution in [0.2, 0.25) is 0 Å². The Kier molecular flexibility index (Phi) is 7.11. The molecule has 0 saturated carbocycles. The van der Waals surface area contributed by atoms with Crippen molar-refractivity contribution in [3.8, 4) is 5.75 Å². The number of hydrogen-bond acceptors (Lipinski definition) is 7. The molecule has 2 aromatic rings. The first-order valence-corrected chi connectivity index (χ1v) is 10.3. The fourth-order valence-electron chi connectivity index (χ4n) is 3.21. The number of benzene rings is 1. The van der Waals surface area contributed by atoms with Crippen LogP contribution in [-0.4, -0.2) is 52.9 Å². The van der Waals surface area contributed by atoms with Crippen molar-refractivity contribution in [2.24, 2.45) is 0 Å². The van der Waals surface area contributed by atoms with Gasteiger partial charge in [0.1, 0.15) is 5.75 Å². The Morgan fingerprint density at radius 2 is 2.15 bits per heavy atom. The van der Waals surface area contributed by atoms with Crippen LogP contribution in [0.1, 0.15) is 30.1 Å². The molecule has 1 fully saturated rings. The van der Waals surface area contributed by atoms with Crippen molar-refractivity contribution in [2.75, 3.05) is 26.0 Å². The number of rotatable bonds is 8. The summed E-state index contributed by atoms with van der Waals surface area (Å²) in [6.45, 7) is 4.58. The summed E-state index contributed by atoms with van der Waals surface area (Å²) in [6.07, 6.45) is 1.94. The summed E-state index contributed by atoms with van der Waals surface area (Å²) in [5, 5.41) is 6.97. The lowest BCUT2D eigenvalue weighted by molar-refractivity contribution is -0.119. The van der Waals surface area contributed by atoms with E-state index in [1.165, 1.54) is 17.3 Å². The molecule has 1 amide bonds. The van der Waals surface area contributed by atoms with E-state index in [2.05, 4.69) is 26.4 Å². The molecule has 0 atom stereocenters. The molecule has 27 heavy (non-hydrogen) atoms. The summed E-state index contributed by atoms with van der Waals surface area (Å²) >= 11 is 1.50. The van der Waals surface area contributed by atoms with Crippen LogP contribution in [-0.2, 0) is 17.1 Å². The fourth-order valence-corrected chi connectivity index (χ4v) is 3.88. The van der Waals surface area contributed by atoms with Crippen LogP contribution < -0.4 is 10.1 Å². The number of likely N-dealkylation sites (tertiary alicyclic amines) is 1. The normalized spacial score (nSPS) is 15.6. The van der Waals surface area contributed by atoms with Gasteiger partial charge in [-0.15, -0.1) is 11.8 Å². The zero-order chi connectivity index (χ0) is 19.1. The van der Waals surface area contributed by atoms with E-state index >= 15 is 0 Å². The molecule has 7 nitrogen and oxygen atoms in total. The monoisotopic (exact) mass is 390 g/mol. The number of aryl methyl sites for hydroxylation is 1. The van der Waals surface area contributed by atoms with E-state index in [1.54, 1.807) is 14.0 Å². The third kappa shape index (κ3) is 5.97. The van der Waals surface area contributed by atoms with Crippen LogP contribution in [0, 0.1) is 6.92 Å². The summed E-state index contributed by atoms with van der Waals surface area (Å²) in [5.41, 5.74) is 1.20. The van der Waals surface area contributed by atoms with Crippen molar-refractivity contribution in [2.45, 2.75) is 38.1 Å². The first-order chi connectivity index (χ1) is 13.1. The molecule has 0 unspecified atom stereocenters. The second kappa shape index (κ2) is 9.75. The predicted octanol–water partition coefficient (Wildman–Crippen LogP) is 2.40. The average Bonchev–Trinajstić information content (AvgIpc) is 3.09. The first kappa shape index (κ1) is 19.7. The summed E-state index contributed by atoms with van der Waals surface area (Å²) in [7, 11) is 1.71. The van der Waals surface area contributed by atoms with E-state index in [1.807, 2.05) is 18.2 Å². The molecule has 146 valence electrons. The quantitative estimate of drug-likeness (QED) is 0.741. The summed E-state index contributed by atoms with van der Waals surface area (Å²) in [6, 6.07) is 8.38. The van der Waals surface area contributed by atoms with Gasteiger partial charge in [0.25, 0.3) is 0 Å². The largest absolute Gasteiger partial charge is 0.496 e. The Labute approximate surface area is 163 Å². The number of nitrogens with zero attached hydrogens (tertiary/aromatic N) is 3. The molecular weight excluding hydrogens is 364 g/mol. The number of para-hydroxylation sites is 1. The molecule has 2 heterocycles. The van der Waals surface area contributed by atoms with Crippen LogP contribution in [0.3, 0.4) is 0 Å². The molecule has 8 heteroatoms. The molecule has 3 rings (SSSR count). The second-order valence-corrected chi connectivity index (χ2v) is 7.64. The van der Waals surface area contributed by atoms with Crippen LogP contribution in [0.4, 0.5) is 0 Å². The van der Waals surface area contributed by atoms with Crippen LogP contribution in [0.5, 0.6) is 5.75 Å². The third-order valence-electron chi connectivity index (χ3n) is 4.57. The number of aromatic nitrogens is 2. The Hall–Kier alpha value is -2.06. The highest BCUT2D eigenvalue weighted by Gasteiger charge is 2.21. The van der Waals surface area contributed by atoms with Crippen molar-refractivity contribution < 1.29 is 14.1 Å². The van der Waals surface area contributed by atoms with Crippen molar-refractivity contribution in [1.82, 2.24) is 20.4 Å². The molecule has 0 radical (unpaired) electrons. The fraction of sp³-hybridized carbons (Fsp3) is 0.526. The highest BCUT2D eigenvalue weighted by Crippen LogP contribution is 2.21. The summed E-state index contributed by atoms with van der Waals surface area (Å²) in [5.74, 6) is 3.19. The third-order valence-corrected chi connectivity index (χ3v) is 5.50. The van der Waals surface area contributed by atoms with Crippen LogP contribution in [0.25, 0.3) is 0 Å². The minimum absolute atomic E-state index is 0.0726. The number of piperidine rings is 1. The first-order valence-electron chi connectivity index (χ1n) is 9.14. The molecule has 0 bridgehead atoms. The van der Waals surface area contributed by atoms with E-state index in [4.69, 9.17) is 9.26 Å². The maximum absolute atomic E-state index is 12.1. The molecule has 1 aromatic carbocycles. The van der Waals surface area contributed by atoms with E-state index in [0.29, 0.717) is 23.2 Å². The zero-order valence-corrected chi connectivity index (χ0v) is 16.6. The number of methoxy groups -OCH3 is 1. The zero-order valence-electron chi connectivity index (χ0n) is 15.8. The Bertz CT molecular complexity index is 744. The van der Waals surface area contributed by atoms with Crippen molar-refractivity contribution in [1.29, 1.82) is 0 Å². The van der Waals surface area contributed by atoms with Gasteiger partial charge in [0.2, 0.25) is 11.8 Å². The number of amides is 1. The number of nitrogens with one attached hydrogen (secondary N) is 1. The number of hydrogen-bond donors (Lipinski definition) is 1. The maximum Gasteiger partial charge on any atom is 0.230 e. The predicted molar refractivity (Wildman–Crippen MR) is 105 cm³/mol. The van der Waals surface area contributed by atoms with Gasteiger partial charge >= 0.3 is 0 Å². The van der Waals surface area contributed by atoms with Gasteiger partial charge in [-0.3, -0.25) is 9.69 Å². The number of carbonyl (C=O) groups excluding carboxylic acids is 1.